The first-order chi connectivity index (χ1) is 8.86. The maximum Gasteiger partial charge on any atom is 0.137 e. The minimum absolute atomic E-state index is 0.502. The summed E-state index contributed by atoms with van der Waals surface area (Å²) < 4.78 is 5.24. The minimum Gasteiger partial charge on any atom is -0.495 e. The summed E-state index contributed by atoms with van der Waals surface area (Å²) in [6.45, 7) is 2.11. The highest BCUT2D eigenvalue weighted by molar-refractivity contribution is 5.92. The molecule has 2 aromatic rings. The molecule has 0 aliphatic carbocycles. The van der Waals surface area contributed by atoms with E-state index in [2.05, 4.69) is 21.7 Å². The summed E-state index contributed by atoms with van der Waals surface area (Å²) in [5.41, 5.74) is 2.12. The molecule has 2 N–H and O–H groups in total. The smallest absolute Gasteiger partial charge is 0.137 e. The molecule has 94 valence electrons. The van der Waals surface area contributed by atoms with Gasteiger partial charge in [-0.05, 0) is 31.2 Å². The zero-order valence-corrected chi connectivity index (χ0v) is 10.4. The number of nitrogens with zero attached hydrogens (tertiary/aromatic N) is 1. The summed E-state index contributed by atoms with van der Waals surface area (Å²) in [6.07, 6.45) is 2.91. The number of fused-ring (bicyclic) bond motifs is 1. The van der Waals surface area contributed by atoms with Crippen LogP contribution in [-0.4, -0.2) is 31.2 Å². The van der Waals surface area contributed by atoms with Gasteiger partial charge in [0.05, 0.1) is 18.8 Å². The molecule has 0 saturated carbocycles. The highest BCUT2D eigenvalue weighted by atomic mass is 16.5. The van der Waals surface area contributed by atoms with E-state index in [1.165, 1.54) is 0 Å². The van der Waals surface area contributed by atoms with E-state index in [0.717, 1.165) is 41.9 Å². The van der Waals surface area contributed by atoms with E-state index in [-0.39, 0.29) is 0 Å². The fourth-order valence-electron chi connectivity index (χ4n) is 2.37. The van der Waals surface area contributed by atoms with E-state index in [1.54, 1.807) is 13.3 Å². The summed E-state index contributed by atoms with van der Waals surface area (Å²) in [5.74, 6) is 0.793. The Morgan fingerprint density at radius 1 is 1.44 bits per heavy atom. The first-order valence-electron chi connectivity index (χ1n) is 6.27. The molecule has 0 radical (unpaired) electrons. The van der Waals surface area contributed by atoms with Crippen LogP contribution in [0.2, 0.25) is 0 Å². The van der Waals surface area contributed by atoms with E-state index >= 15 is 0 Å². The maximum absolute atomic E-state index is 5.24. The zero-order valence-electron chi connectivity index (χ0n) is 10.4. The Labute approximate surface area is 106 Å². The van der Waals surface area contributed by atoms with E-state index in [0.29, 0.717) is 6.04 Å². The zero-order chi connectivity index (χ0) is 12.4. The molecule has 1 fully saturated rings. The van der Waals surface area contributed by atoms with Gasteiger partial charge in [-0.3, -0.25) is 4.98 Å². The highest BCUT2D eigenvalue weighted by Gasteiger charge is 2.15. The van der Waals surface area contributed by atoms with Crippen LogP contribution in [0.3, 0.4) is 0 Å². The van der Waals surface area contributed by atoms with Gasteiger partial charge in [-0.1, -0.05) is 6.07 Å². The van der Waals surface area contributed by atoms with Gasteiger partial charge in [0.2, 0.25) is 0 Å². The van der Waals surface area contributed by atoms with Crippen LogP contribution in [0.4, 0.5) is 5.69 Å². The number of pyridine rings is 1. The first-order valence-corrected chi connectivity index (χ1v) is 6.27. The van der Waals surface area contributed by atoms with E-state index in [4.69, 9.17) is 4.74 Å². The number of rotatable bonds is 3. The van der Waals surface area contributed by atoms with Gasteiger partial charge in [0.15, 0.2) is 0 Å². The third-order valence-corrected chi connectivity index (χ3v) is 3.36. The van der Waals surface area contributed by atoms with Crippen molar-refractivity contribution in [2.45, 2.75) is 12.5 Å². The van der Waals surface area contributed by atoms with E-state index < -0.39 is 0 Å². The fraction of sp³-hybridized carbons (Fsp3) is 0.357. The summed E-state index contributed by atoms with van der Waals surface area (Å²) in [7, 11) is 1.67. The number of hydrogen-bond donors (Lipinski definition) is 2. The Hall–Kier alpha value is -1.81. The molecule has 0 bridgehead atoms. The van der Waals surface area contributed by atoms with Crippen molar-refractivity contribution >= 4 is 16.6 Å². The molecular weight excluding hydrogens is 226 g/mol. The van der Waals surface area contributed by atoms with Crippen LogP contribution < -0.4 is 15.4 Å². The molecule has 18 heavy (non-hydrogen) atoms. The Bertz CT molecular complexity index is 550. The quantitative estimate of drug-likeness (QED) is 0.865. The van der Waals surface area contributed by atoms with Crippen LogP contribution in [0.15, 0.2) is 30.5 Å². The van der Waals surface area contributed by atoms with Gasteiger partial charge in [0.25, 0.3) is 0 Å². The lowest BCUT2D eigenvalue weighted by molar-refractivity contribution is 0.414. The number of nitrogens with one attached hydrogen (secondary N) is 2. The molecule has 0 spiro atoms. The Morgan fingerprint density at radius 3 is 3.17 bits per heavy atom. The molecule has 3 rings (SSSR count). The number of methoxy groups -OCH3 is 1. The fourth-order valence-corrected chi connectivity index (χ4v) is 2.37. The van der Waals surface area contributed by atoms with Crippen molar-refractivity contribution in [2.24, 2.45) is 0 Å². The number of hydrogen-bond acceptors (Lipinski definition) is 4. The Kier molecular flexibility index (Phi) is 3.02. The Morgan fingerprint density at radius 2 is 2.39 bits per heavy atom. The molecule has 1 aromatic heterocycles. The first kappa shape index (κ1) is 11.3. The third kappa shape index (κ3) is 2.11. The lowest BCUT2D eigenvalue weighted by atomic mass is 10.1. The number of benzene rings is 1. The standard InChI is InChI=1S/C14H17N3O/c1-18-11-7-12-13(16-9-11)3-2-4-14(12)17-10-5-6-15-8-10/h2-4,7,9-10,15,17H,5-6,8H2,1H3/t10-/m1/s1. The molecule has 1 atom stereocenters. The second kappa shape index (κ2) is 4.82. The normalized spacial score (nSPS) is 19.1. The van der Waals surface area contributed by atoms with Crippen molar-refractivity contribution in [3.63, 3.8) is 0 Å². The average molecular weight is 243 g/mol. The van der Waals surface area contributed by atoms with Crippen molar-refractivity contribution in [1.82, 2.24) is 10.3 Å². The van der Waals surface area contributed by atoms with Crippen molar-refractivity contribution in [2.75, 3.05) is 25.5 Å². The lowest BCUT2D eigenvalue weighted by Gasteiger charge is -2.15. The maximum atomic E-state index is 5.24. The second-order valence-corrected chi connectivity index (χ2v) is 4.58. The predicted molar refractivity (Wildman–Crippen MR) is 73.2 cm³/mol. The Balaban J connectivity index is 1.98. The van der Waals surface area contributed by atoms with Crippen LogP contribution in [0.25, 0.3) is 10.9 Å². The predicted octanol–water partition coefficient (Wildman–Crippen LogP) is 2.02. The van der Waals surface area contributed by atoms with Crippen molar-refractivity contribution < 1.29 is 4.74 Å². The molecule has 4 nitrogen and oxygen atoms in total. The van der Waals surface area contributed by atoms with Crippen LogP contribution in [-0.2, 0) is 0 Å². The molecule has 2 heterocycles. The summed E-state index contributed by atoms with van der Waals surface area (Å²) in [4.78, 5) is 4.41. The van der Waals surface area contributed by atoms with Gasteiger partial charge in [0.1, 0.15) is 5.75 Å². The van der Waals surface area contributed by atoms with E-state index in [1.807, 2.05) is 18.2 Å². The monoisotopic (exact) mass is 243 g/mol. The highest BCUT2D eigenvalue weighted by Crippen LogP contribution is 2.26. The molecule has 1 aromatic carbocycles. The SMILES string of the molecule is COc1cnc2cccc(N[C@@H]3CCNC3)c2c1. The molecule has 1 aliphatic heterocycles. The molecule has 4 heteroatoms. The minimum atomic E-state index is 0.502. The summed E-state index contributed by atoms with van der Waals surface area (Å²) >= 11 is 0. The molecule has 0 amide bonds. The van der Waals surface area contributed by atoms with Gasteiger partial charge in [0, 0.05) is 23.7 Å². The third-order valence-electron chi connectivity index (χ3n) is 3.36. The van der Waals surface area contributed by atoms with Gasteiger partial charge >= 0.3 is 0 Å². The number of anilines is 1. The average Bonchev–Trinajstić information content (AvgIpc) is 2.91. The largest absolute Gasteiger partial charge is 0.495 e. The van der Waals surface area contributed by atoms with Crippen LogP contribution >= 0.6 is 0 Å². The topological polar surface area (TPSA) is 46.2 Å². The van der Waals surface area contributed by atoms with Crippen molar-refractivity contribution in [3.8, 4) is 5.75 Å². The lowest BCUT2D eigenvalue weighted by Crippen LogP contribution is -2.22. The van der Waals surface area contributed by atoms with Gasteiger partial charge < -0.3 is 15.4 Å². The second-order valence-electron chi connectivity index (χ2n) is 4.58. The van der Waals surface area contributed by atoms with Crippen LogP contribution in [0.5, 0.6) is 5.75 Å². The van der Waals surface area contributed by atoms with Gasteiger partial charge in [-0.15, -0.1) is 0 Å². The van der Waals surface area contributed by atoms with Gasteiger partial charge in [-0.25, -0.2) is 0 Å². The van der Waals surface area contributed by atoms with Crippen LogP contribution in [0.1, 0.15) is 6.42 Å². The molecular formula is C14H17N3O. The number of ether oxygens (including phenoxy) is 1. The van der Waals surface area contributed by atoms with Crippen molar-refractivity contribution in [3.05, 3.63) is 30.5 Å². The molecule has 1 aliphatic rings. The van der Waals surface area contributed by atoms with E-state index in [9.17, 15) is 0 Å². The molecule has 1 saturated heterocycles. The molecule has 0 unspecified atom stereocenters. The summed E-state index contributed by atoms with van der Waals surface area (Å²) in [5, 5.41) is 8.05. The van der Waals surface area contributed by atoms with Gasteiger partial charge in [-0.2, -0.15) is 0 Å². The summed E-state index contributed by atoms with van der Waals surface area (Å²) in [6, 6.07) is 8.69. The van der Waals surface area contributed by atoms with Crippen LogP contribution in [0, 0.1) is 0 Å². The number of aromatic nitrogens is 1. The van der Waals surface area contributed by atoms with Crippen molar-refractivity contribution in [1.29, 1.82) is 0 Å².